The SMILES string of the molecule is NC(=O)N1C2CCC1CC(F)(F)C2. The Morgan fingerprint density at radius 2 is 1.77 bits per heavy atom. The van der Waals surface area contributed by atoms with Crippen LogP contribution in [0.3, 0.4) is 0 Å². The lowest BCUT2D eigenvalue weighted by atomic mass is 9.99. The van der Waals surface area contributed by atoms with Crippen LogP contribution in [0.2, 0.25) is 0 Å². The molecular weight excluding hydrogens is 178 g/mol. The van der Waals surface area contributed by atoms with Crippen molar-refractivity contribution >= 4 is 6.03 Å². The first kappa shape index (κ1) is 8.72. The predicted octanol–water partition coefficient (Wildman–Crippen LogP) is 1.33. The third-order valence-electron chi connectivity index (χ3n) is 2.94. The van der Waals surface area contributed by atoms with Crippen molar-refractivity contribution in [3.63, 3.8) is 0 Å². The van der Waals surface area contributed by atoms with Gasteiger partial charge in [-0.25, -0.2) is 13.6 Å². The molecule has 0 spiro atoms. The number of halogens is 2. The van der Waals surface area contributed by atoms with Crippen LogP contribution in [-0.2, 0) is 0 Å². The molecule has 2 fully saturated rings. The molecule has 0 aliphatic carbocycles. The number of carbonyl (C=O) groups is 1. The maximum absolute atomic E-state index is 13.0. The highest BCUT2D eigenvalue weighted by molar-refractivity contribution is 5.73. The minimum absolute atomic E-state index is 0.216. The Bertz CT molecular complexity index is 228. The van der Waals surface area contributed by atoms with Crippen LogP contribution in [0.15, 0.2) is 0 Å². The maximum Gasteiger partial charge on any atom is 0.315 e. The zero-order valence-corrected chi connectivity index (χ0v) is 7.17. The number of nitrogens with two attached hydrogens (primary N) is 1. The largest absolute Gasteiger partial charge is 0.351 e. The lowest BCUT2D eigenvalue weighted by molar-refractivity contribution is -0.0702. The standard InChI is InChI=1S/C8H12F2N2O/c9-8(10)3-5-1-2-6(4-8)12(5)7(11)13/h5-6H,1-4H2,(H2,11,13). The average molecular weight is 190 g/mol. The average Bonchev–Trinajstić information content (AvgIpc) is 2.23. The van der Waals surface area contributed by atoms with Crippen LogP contribution < -0.4 is 5.73 Å². The van der Waals surface area contributed by atoms with E-state index in [0.717, 1.165) is 0 Å². The zero-order chi connectivity index (χ0) is 9.64. The summed E-state index contributed by atoms with van der Waals surface area (Å²) < 4.78 is 26.0. The van der Waals surface area contributed by atoms with Crippen LogP contribution >= 0.6 is 0 Å². The van der Waals surface area contributed by atoms with Gasteiger partial charge in [0.2, 0.25) is 0 Å². The Morgan fingerprint density at radius 3 is 2.15 bits per heavy atom. The first-order valence-corrected chi connectivity index (χ1v) is 4.45. The second kappa shape index (κ2) is 2.56. The fourth-order valence-electron chi connectivity index (χ4n) is 2.49. The van der Waals surface area contributed by atoms with Crippen molar-refractivity contribution in [2.24, 2.45) is 5.73 Å². The molecule has 2 heterocycles. The number of nitrogens with zero attached hydrogens (tertiary/aromatic N) is 1. The van der Waals surface area contributed by atoms with Crippen molar-refractivity contribution in [2.75, 3.05) is 0 Å². The molecule has 2 N–H and O–H groups in total. The Morgan fingerprint density at radius 1 is 1.31 bits per heavy atom. The van der Waals surface area contributed by atoms with Crippen LogP contribution in [0.4, 0.5) is 13.6 Å². The summed E-state index contributed by atoms with van der Waals surface area (Å²) in [5.41, 5.74) is 5.12. The van der Waals surface area contributed by atoms with E-state index in [1.54, 1.807) is 0 Å². The molecular formula is C8H12F2N2O. The van der Waals surface area contributed by atoms with Gasteiger partial charge in [0.15, 0.2) is 0 Å². The first-order chi connectivity index (χ1) is 5.99. The summed E-state index contributed by atoms with van der Waals surface area (Å²) in [5.74, 6) is -2.60. The number of urea groups is 1. The van der Waals surface area contributed by atoms with E-state index in [1.807, 2.05) is 0 Å². The Labute approximate surface area is 74.9 Å². The van der Waals surface area contributed by atoms with E-state index >= 15 is 0 Å². The Kier molecular flexibility index (Phi) is 1.72. The third kappa shape index (κ3) is 1.36. The smallest absolute Gasteiger partial charge is 0.315 e. The van der Waals surface area contributed by atoms with Gasteiger partial charge in [-0.05, 0) is 12.8 Å². The number of primary amides is 1. The summed E-state index contributed by atoms with van der Waals surface area (Å²) in [5, 5.41) is 0. The molecule has 2 saturated heterocycles. The van der Waals surface area contributed by atoms with Crippen molar-refractivity contribution in [3.05, 3.63) is 0 Å². The summed E-state index contributed by atoms with van der Waals surface area (Å²) >= 11 is 0. The van der Waals surface area contributed by atoms with E-state index < -0.39 is 12.0 Å². The molecule has 74 valence electrons. The molecule has 0 aromatic carbocycles. The van der Waals surface area contributed by atoms with Gasteiger partial charge in [0, 0.05) is 24.9 Å². The van der Waals surface area contributed by atoms with E-state index in [4.69, 9.17) is 5.73 Å². The van der Waals surface area contributed by atoms with Gasteiger partial charge in [-0.1, -0.05) is 0 Å². The number of carbonyl (C=O) groups excluding carboxylic acids is 1. The van der Waals surface area contributed by atoms with Crippen LogP contribution in [0.5, 0.6) is 0 Å². The maximum atomic E-state index is 13.0. The van der Waals surface area contributed by atoms with Crippen molar-refractivity contribution < 1.29 is 13.6 Å². The molecule has 3 nitrogen and oxygen atoms in total. The first-order valence-electron chi connectivity index (χ1n) is 4.45. The molecule has 2 unspecified atom stereocenters. The summed E-state index contributed by atoms with van der Waals surface area (Å²) in [7, 11) is 0. The van der Waals surface area contributed by atoms with Gasteiger partial charge in [-0.3, -0.25) is 0 Å². The molecule has 2 amide bonds. The monoisotopic (exact) mass is 190 g/mol. The number of hydrogen-bond acceptors (Lipinski definition) is 1. The molecule has 2 rings (SSSR count). The second-order valence-corrected chi connectivity index (χ2v) is 3.89. The van der Waals surface area contributed by atoms with E-state index in [1.165, 1.54) is 4.90 Å². The lowest BCUT2D eigenvalue weighted by Crippen LogP contribution is -2.52. The minimum atomic E-state index is -2.60. The highest BCUT2D eigenvalue weighted by Gasteiger charge is 2.50. The van der Waals surface area contributed by atoms with Gasteiger partial charge in [0.05, 0.1) is 0 Å². The number of amides is 2. The van der Waals surface area contributed by atoms with E-state index in [2.05, 4.69) is 0 Å². The number of rotatable bonds is 0. The number of fused-ring (bicyclic) bond motifs is 2. The third-order valence-corrected chi connectivity index (χ3v) is 2.94. The topological polar surface area (TPSA) is 46.3 Å². The molecule has 13 heavy (non-hydrogen) atoms. The molecule has 0 radical (unpaired) electrons. The number of alkyl halides is 2. The van der Waals surface area contributed by atoms with Crippen molar-refractivity contribution in [3.8, 4) is 0 Å². The summed E-state index contributed by atoms with van der Waals surface area (Å²) in [6.45, 7) is 0. The molecule has 2 atom stereocenters. The van der Waals surface area contributed by atoms with Crippen LogP contribution in [0.25, 0.3) is 0 Å². The lowest BCUT2D eigenvalue weighted by Gasteiger charge is -2.37. The highest BCUT2D eigenvalue weighted by atomic mass is 19.3. The van der Waals surface area contributed by atoms with Gasteiger partial charge < -0.3 is 10.6 Å². The number of piperidine rings is 1. The summed E-state index contributed by atoms with van der Waals surface area (Å²) in [4.78, 5) is 12.4. The van der Waals surface area contributed by atoms with Crippen molar-refractivity contribution in [1.29, 1.82) is 0 Å². The molecule has 2 aliphatic heterocycles. The zero-order valence-electron chi connectivity index (χ0n) is 7.17. The van der Waals surface area contributed by atoms with Crippen molar-refractivity contribution in [2.45, 2.75) is 43.7 Å². The van der Waals surface area contributed by atoms with Crippen LogP contribution in [-0.4, -0.2) is 28.9 Å². The molecule has 2 bridgehead atoms. The van der Waals surface area contributed by atoms with Gasteiger partial charge in [0.25, 0.3) is 5.92 Å². The molecule has 0 aromatic heterocycles. The second-order valence-electron chi connectivity index (χ2n) is 3.89. The fraction of sp³-hybridized carbons (Fsp3) is 0.875. The molecule has 0 aromatic rings. The van der Waals surface area contributed by atoms with E-state index in [-0.39, 0.29) is 24.9 Å². The highest BCUT2D eigenvalue weighted by Crippen LogP contribution is 2.43. The summed E-state index contributed by atoms with van der Waals surface area (Å²) in [6.07, 6.45) is 0.908. The van der Waals surface area contributed by atoms with Gasteiger partial charge in [-0.2, -0.15) is 0 Å². The normalized spacial score (nSPS) is 36.3. The quantitative estimate of drug-likeness (QED) is 0.615. The van der Waals surface area contributed by atoms with Crippen molar-refractivity contribution in [1.82, 2.24) is 4.90 Å². The van der Waals surface area contributed by atoms with E-state index in [9.17, 15) is 13.6 Å². The Hall–Kier alpha value is -0.870. The van der Waals surface area contributed by atoms with Gasteiger partial charge >= 0.3 is 6.03 Å². The molecule has 0 saturated carbocycles. The van der Waals surface area contributed by atoms with Crippen LogP contribution in [0.1, 0.15) is 25.7 Å². The van der Waals surface area contributed by atoms with Gasteiger partial charge in [0.1, 0.15) is 0 Å². The Balaban J connectivity index is 2.18. The van der Waals surface area contributed by atoms with Crippen LogP contribution in [0, 0.1) is 0 Å². The predicted molar refractivity (Wildman–Crippen MR) is 42.4 cm³/mol. The fourth-order valence-corrected chi connectivity index (χ4v) is 2.49. The minimum Gasteiger partial charge on any atom is -0.351 e. The molecule has 2 aliphatic rings. The summed E-state index contributed by atoms with van der Waals surface area (Å²) in [6, 6.07) is -1.21. The number of hydrogen-bond donors (Lipinski definition) is 1. The van der Waals surface area contributed by atoms with E-state index in [0.29, 0.717) is 12.8 Å². The molecule has 5 heteroatoms. The van der Waals surface area contributed by atoms with Gasteiger partial charge in [-0.15, -0.1) is 0 Å².